The van der Waals surface area contributed by atoms with Crippen molar-refractivity contribution in [3.8, 4) is 0 Å². The van der Waals surface area contributed by atoms with Gasteiger partial charge >= 0.3 is 5.97 Å². The third kappa shape index (κ3) is 3.13. The maximum absolute atomic E-state index is 11.5. The predicted octanol–water partition coefficient (Wildman–Crippen LogP) is 2.80. The van der Waals surface area contributed by atoms with Crippen LogP contribution in [0.5, 0.6) is 0 Å². The lowest BCUT2D eigenvalue weighted by molar-refractivity contribution is -0.163. The van der Waals surface area contributed by atoms with E-state index in [0.717, 1.165) is 18.2 Å². The summed E-state index contributed by atoms with van der Waals surface area (Å²) in [6, 6.07) is 5.76. The number of aromatic nitrogens is 1. The van der Waals surface area contributed by atoms with Crippen LogP contribution in [-0.4, -0.2) is 21.7 Å². The van der Waals surface area contributed by atoms with E-state index in [-0.39, 0.29) is 11.7 Å². The smallest absolute Gasteiger partial charge is 0.334 e. The van der Waals surface area contributed by atoms with Crippen molar-refractivity contribution in [3.63, 3.8) is 0 Å². The second kappa shape index (κ2) is 5.43. The molecule has 1 aliphatic rings. The fraction of sp³-hybridized carbons (Fsp3) is 0.467. The summed E-state index contributed by atoms with van der Waals surface area (Å²) in [5.41, 5.74) is 0.334. The molecule has 2 rings (SSSR count). The SMILES string of the molecule is CC(C)C1(CCc2ccccn2)CC(O)=CC(=O)O1. The van der Waals surface area contributed by atoms with E-state index in [0.29, 0.717) is 12.8 Å². The molecule has 0 radical (unpaired) electrons. The molecule has 0 aromatic carbocycles. The molecule has 1 unspecified atom stereocenters. The summed E-state index contributed by atoms with van der Waals surface area (Å²) in [5, 5.41) is 9.71. The van der Waals surface area contributed by atoms with E-state index in [1.807, 2.05) is 32.0 Å². The van der Waals surface area contributed by atoms with Gasteiger partial charge in [0.15, 0.2) is 0 Å². The molecule has 0 fully saturated rings. The monoisotopic (exact) mass is 261 g/mol. The van der Waals surface area contributed by atoms with Crippen molar-refractivity contribution in [1.29, 1.82) is 0 Å². The van der Waals surface area contributed by atoms with E-state index < -0.39 is 11.6 Å². The Hall–Kier alpha value is -1.84. The number of ether oxygens (including phenoxy) is 1. The van der Waals surface area contributed by atoms with E-state index in [1.54, 1.807) is 6.20 Å². The van der Waals surface area contributed by atoms with E-state index in [9.17, 15) is 9.90 Å². The van der Waals surface area contributed by atoms with Gasteiger partial charge in [-0.15, -0.1) is 0 Å². The zero-order valence-corrected chi connectivity index (χ0v) is 11.3. The summed E-state index contributed by atoms with van der Waals surface area (Å²) >= 11 is 0. The Kier molecular flexibility index (Phi) is 3.88. The first-order valence-corrected chi connectivity index (χ1v) is 6.54. The van der Waals surface area contributed by atoms with Gasteiger partial charge in [-0.3, -0.25) is 4.98 Å². The normalized spacial score (nSPS) is 23.1. The van der Waals surface area contributed by atoms with Crippen molar-refractivity contribution < 1.29 is 14.6 Å². The number of hydrogen-bond acceptors (Lipinski definition) is 4. The summed E-state index contributed by atoms with van der Waals surface area (Å²) in [6.45, 7) is 4.01. The largest absolute Gasteiger partial charge is 0.512 e. The van der Waals surface area contributed by atoms with E-state index in [2.05, 4.69) is 4.98 Å². The number of hydrogen-bond donors (Lipinski definition) is 1. The van der Waals surface area contributed by atoms with Crippen molar-refractivity contribution in [1.82, 2.24) is 4.98 Å². The minimum absolute atomic E-state index is 0.103. The molecule has 0 saturated carbocycles. The minimum Gasteiger partial charge on any atom is -0.512 e. The average molecular weight is 261 g/mol. The van der Waals surface area contributed by atoms with E-state index in [1.165, 1.54) is 0 Å². The summed E-state index contributed by atoms with van der Waals surface area (Å²) < 4.78 is 5.52. The zero-order chi connectivity index (χ0) is 13.9. The van der Waals surface area contributed by atoms with Crippen LogP contribution >= 0.6 is 0 Å². The van der Waals surface area contributed by atoms with Gasteiger partial charge in [0.2, 0.25) is 0 Å². The van der Waals surface area contributed by atoms with Gasteiger partial charge in [-0.25, -0.2) is 4.79 Å². The Balaban J connectivity index is 2.13. The second-order valence-electron chi connectivity index (χ2n) is 5.27. The Morgan fingerprint density at radius 2 is 2.26 bits per heavy atom. The third-order valence-corrected chi connectivity index (χ3v) is 3.65. The number of carbonyl (C=O) groups excluding carboxylic acids is 1. The molecule has 19 heavy (non-hydrogen) atoms. The first kappa shape index (κ1) is 13.6. The highest BCUT2D eigenvalue weighted by molar-refractivity contribution is 5.83. The van der Waals surface area contributed by atoms with Crippen LogP contribution in [-0.2, 0) is 16.0 Å². The molecule has 102 valence electrons. The van der Waals surface area contributed by atoms with E-state index in [4.69, 9.17) is 4.74 Å². The molecule has 4 nitrogen and oxygen atoms in total. The Morgan fingerprint density at radius 1 is 1.47 bits per heavy atom. The van der Waals surface area contributed by atoms with Gasteiger partial charge in [-0.1, -0.05) is 19.9 Å². The molecule has 1 aromatic rings. The molecule has 2 heterocycles. The maximum atomic E-state index is 11.5. The van der Waals surface area contributed by atoms with E-state index >= 15 is 0 Å². The maximum Gasteiger partial charge on any atom is 0.334 e. The predicted molar refractivity (Wildman–Crippen MR) is 71.5 cm³/mol. The summed E-state index contributed by atoms with van der Waals surface area (Å²) in [5.74, 6) is -0.222. The molecular formula is C15H19NO3. The van der Waals surface area contributed by atoms with Gasteiger partial charge in [-0.05, 0) is 30.9 Å². The van der Waals surface area contributed by atoms with Gasteiger partial charge in [0.25, 0.3) is 0 Å². The number of aryl methyl sites for hydroxylation is 1. The van der Waals surface area contributed by atoms with Crippen LogP contribution in [0.1, 0.15) is 32.4 Å². The number of pyridine rings is 1. The molecule has 4 heteroatoms. The lowest BCUT2D eigenvalue weighted by Crippen LogP contribution is -2.43. The quantitative estimate of drug-likeness (QED) is 0.847. The Morgan fingerprint density at radius 3 is 2.84 bits per heavy atom. The van der Waals surface area contributed by atoms with Crippen molar-refractivity contribution in [2.75, 3.05) is 0 Å². The average Bonchev–Trinajstić information content (AvgIpc) is 2.36. The van der Waals surface area contributed by atoms with Crippen LogP contribution in [0, 0.1) is 5.92 Å². The van der Waals surface area contributed by atoms with Crippen LogP contribution in [0.3, 0.4) is 0 Å². The number of esters is 1. The van der Waals surface area contributed by atoms with Gasteiger partial charge < -0.3 is 9.84 Å². The molecule has 0 bridgehead atoms. The topological polar surface area (TPSA) is 59.4 Å². The fourth-order valence-electron chi connectivity index (χ4n) is 2.40. The Bertz CT molecular complexity index is 481. The molecule has 0 saturated heterocycles. The van der Waals surface area contributed by atoms with Crippen LogP contribution < -0.4 is 0 Å². The molecule has 1 atom stereocenters. The highest BCUT2D eigenvalue weighted by atomic mass is 16.6. The molecule has 1 N–H and O–H groups in total. The molecule has 0 amide bonds. The molecule has 0 aliphatic carbocycles. The fourth-order valence-corrected chi connectivity index (χ4v) is 2.40. The third-order valence-electron chi connectivity index (χ3n) is 3.65. The Labute approximate surface area is 113 Å². The van der Waals surface area contributed by atoms with Crippen LogP contribution in [0.15, 0.2) is 36.2 Å². The standard InChI is InChI=1S/C15H19NO3/c1-11(2)15(10-13(17)9-14(18)19-15)7-6-12-5-3-4-8-16-12/h3-5,8-9,11,17H,6-7,10H2,1-2H3. The number of nitrogens with zero attached hydrogens (tertiary/aromatic N) is 1. The van der Waals surface area contributed by atoms with Gasteiger partial charge in [-0.2, -0.15) is 0 Å². The van der Waals surface area contributed by atoms with Crippen molar-refractivity contribution in [2.24, 2.45) is 5.92 Å². The zero-order valence-electron chi connectivity index (χ0n) is 11.3. The molecule has 1 aliphatic heterocycles. The summed E-state index contributed by atoms with van der Waals surface area (Å²) in [4.78, 5) is 15.8. The molecule has 0 spiro atoms. The summed E-state index contributed by atoms with van der Waals surface area (Å²) in [6.07, 6.45) is 4.66. The number of aliphatic hydroxyl groups excluding tert-OH is 1. The first-order valence-electron chi connectivity index (χ1n) is 6.54. The number of rotatable bonds is 4. The van der Waals surface area contributed by atoms with Crippen LogP contribution in [0.2, 0.25) is 0 Å². The number of cyclic esters (lactones) is 1. The second-order valence-corrected chi connectivity index (χ2v) is 5.27. The van der Waals surface area contributed by atoms with Gasteiger partial charge in [0, 0.05) is 18.3 Å². The number of carbonyl (C=O) groups is 1. The molecule has 1 aromatic heterocycles. The van der Waals surface area contributed by atoms with Gasteiger partial charge in [0.1, 0.15) is 11.4 Å². The minimum atomic E-state index is -0.632. The highest BCUT2D eigenvalue weighted by Gasteiger charge is 2.41. The number of aliphatic hydroxyl groups is 1. The van der Waals surface area contributed by atoms with Crippen molar-refractivity contribution in [3.05, 3.63) is 41.9 Å². The van der Waals surface area contributed by atoms with Crippen molar-refractivity contribution in [2.45, 2.75) is 38.7 Å². The summed E-state index contributed by atoms with van der Waals surface area (Å²) in [7, 11) is 0. The lowest BCUT2D eigenvalue weighted by Gasteiger charge is -2.38. The van der Waals surface area contributed by atoms with Crippen molar-refractivity contribution >= 4 is 5.97 Å². The van der Waals surface area contributed by atoms with Gasteiger partial charge in [0.05, 0.1) is 6.08 Å². The highest BCUT2D eigenvalue weighted by Crippen LogP contribution is 2.36. The molecular weight excluding hydrogens is 242 g/mol. The van der Waals surface area contributed by atoms with Crippen LogP contribution in [0.4, 0.5) is 0 Å². The lowest BCUT2D eigenvalue weighted by atomic mass is 9.80. The van der Waals surface area contributed by atoms with Crippen LogP contribution in [0.25, 0.3) is 0 Å². The first-order chi connectivity index (χ1) is 9.02.